The van der Waals surface area contributed by atoms with Crippen molar-refractivity contribution in [1.82, 2.24) is 4.98 Å². The third kappa shape index (κ3) is 9.46. The van der Waals surface area contributed by atoms with Crippen LogP contribution in [0.1, 0.15) is 53.4 Å². The van der Waals surface area contributed by atoms with Crippen molar-refractivity contribution in [2.24, 2.45) is 0 Å². The SMILES string of the molecule is CC(C)=CCC/C(C)=C/CC/C(C)=C/C(=O)Nc1cccnc1. The summed E-state index contributed by atoms with van der Waals surface area (Å²) in [6, 6.07) is 3.63. The molecule has 3 heteroatoms. The summed E-state index contributed by atoms with van der Waals surface area (Å²) in [4.78, 5) is 15.9. The summed E-state index contributed by atoms with van der Waals surface area (Å²) in [5.74, 6) is -0.0974. The Balaban J connectivity index is 2.36. The number of carbonyl (C=O) groups excluding carboxylic acids is 1. The molecule has 1 N–H and O–H groups in total. The molecule has 0 aromatic carbocycles. The van der Waals surface area contributed by atoms with Gasteiger partial charge in [0.25, 0.3) is 0 Å². The molecule has 0 bridgehead atoms. The Kier molecular flexibility index (Phi) is 8.66. The van der Waals surface area contributed by atoms with Gasteiger partial charge in [-0.05, 0) is 65.5 Å². The number of hydrogen-bond donors (Lipinski definition) is 1. The fourth-order valence-electron chi connectivity index (χ4n) is 2.15. The first-order valence-electron chi connectivity index (χ1n) is 8.14. The highest BCUT2D eigenvalue weighted by Gasteiger charge is 1.99. The summed E-state index contributed by atoms with van der Waals surface area (Å²) < 4.78 is 0. The largest absolute Gasteiger partial charge is 0.321 e. The summed E-state index contributed by atoms with van der Waals surface area (Å²) in [6.45, 7) is 8.43. The Morgan fingerprint density at radius 2 is 1.78 bits per heavy atom. The topological polar surface area (TPSA) is 42.0 Å². The first-order chi connectivity index (χ1) is 11.0. The van der Waals surface area contributed by atoms with Crippen molar-refractivity contribution in [1.29, 1.82) is 0 Å². The van der Waals surface area contributed by atoms with Crippen LogP contribution >= 0.6 is 0 Å². The summed E-state index contributed by atoms with van der Waals surface area (Å²) in [5, 5.41) is 2.81. The highest BCUT2D eigenvalue weighted by Crippen LogP contribution is 2.11. The molecule has 0 radical (unpaired) electrons. The Morgan fingerprint density at radius 3 is 2.43 bits per heavy atom. The number of anilines is 1. The van der Waals surface area contributed by atoms with Crippen LogP contribution in [0.25, 0.3) is 0 Å². The lowest BCUT2D eigenvalue weighted by Crippen LogP contribution is -2.08. The summed E-state index contributed by atoms with van der Waals surface area (Å²) in [5.41, 5.74) is 4.59. The van der Waals surface area contributed by atoms with Gasteiger partial charge in [-0.3, -0.25) is 9.78 Å². The van der Waals surface area contributed by atoms with Crippen molar-refractivity contribution in [3.8, 4) is 0 Å². The predicted octanol–water partition coefficient (Wildman–Crippen LogP) is 5.44. The van der Waals surface area contributed by atoms with E-state index < -0.39 is 0 Å². The molecule has 0 spiro atoms. The number of rotatable bonds is 8. The molecule has 1 aromatic heterocycles. The Hall–Kier alpha value is -2.16. The van der Waals surface area contributed by atoms with Crippen LogP contribution in [0.2, 0.25) is 0 Å². The number of carbonyl (C=O) groups is 1. The maximum Gasteiger partial charge on any atom is 0.248 e. The molecule has 0 aliphatic rings. The minimum Gasteiger partial charge on any atom is -0.321 e. The first kappa shape index (κ1) is 18.9. The second kappa shape index (κ2) is 10.5. The van der Waals surface area contributed by atoms with Crippen molar-refractivity contribution in [2.75, 3.05) is 5.32 Å². The van der Waals surface area contributed by atoms with Crippen molar-refractivity contribution < 1.29 is 4.79 Å². The molecule has 1 aromatic rings. The maximum absolute atomic E-state index is 11.9. The van der Waals surface area contributed by atoms with Crippen molar-refractivity contribution in [2.45, 2.75) is 53.4 Å². The van der Waals surface area contributed by atoms with E-state index in [1.807, 2.05) is 13.0 Å². The molecule has 1 heterocycles. The molecule has 1 amide bonds. The molecule has 0 saturated heterocycles. The van der Waals surface area contributed by atoms with Crippen LogP contribution in [0.3, 0.4) is 0 Å². The number of nitrogens with one attached hydrogen (secondary N) is 1. The number of amides is 1. The number of nitrogens with zero attached hydrogens (tertiary/aromatic N) is 1. The molecule has 23 heavy (non-hydrogen) atoms. The van der Waals surface area contributed by atoms with E-state index in [1.54, 1.807) is 24.5 Å². The van der Waals surface area contributed by atoms with E-state index in [9.17, 15) is 4.79 Å². The van der Waals surface area contributed by atoms with Crippen LogP contribution in [0.4, 0.5) is 5.69 Å². The lowest BCUT2D eigenvalue weighted by atomic mass is 10.1. The van der Waals surface area contributed by atoms with Gasteiger partial charge in [-0.15, -0.1) is 0 Å². The fraction of sp³-hybridized carbons (Fsp3) is 0.400. The molecule has 0 aliphatic carbocycles. The van der Waals surface area contributed by atoms with Gasteiger partial charge in [-0.2, -0.15) is 0 Å². The monoisotopic (exact) mass is 312 g/mol. The van der Waals surface area contributed by atoms with Gasteiger partial charge in [-0.25, -0.2) is 0 Å². The Morgan fingerprint density at radius 1 is 1.09 bits per heavy atom. The van der Waals surface area contributed by atoms with E-state index in [0.717, 1.165) is 36.9 Å². The van der Waals surface area contributed by atoms with Crippen LogP contribution < -0.4 is 5.32 Å². The van der Waals surface area contributed by atoms with Crippen molar-refractivity contribution in [3.63, 3.8) is 0 Å². The van der Waals surface area contributed by atoms with Crippen LogP contribution in [0.5, 0.6) is 0 Å². The number of allylic oxidation sites excluding steroid dienone is 5. The van der Waals surface area contributed by atoms with Crippen LogP contribution in [0.15, 0.2) is 59.5 Å². The third-order valence-electron chi connectivity index (χ3n) is 3.43. The minimum atomic E-state index is -0.0974. The van der Waals surface area contributed by atoms with E-state index in [4.69, 9.17) is 0 Å². The molecule has 0 unspecified atom stereocenters. The molecule has 1 rings (SSSR count). The van der Waals surface area contributed by atoms with Gasteiger partial charge >= 0.3 is 0 Å². The van der Waals surface area contributed by atoms with Crippen LogP contribution in [-0.2, 0) is 4.79 Å². The lowest BCUT2D eigenvalue weighted by molar-refractivity contribution is -0.112. The van der Waals surface area contributed by atoms with E-state index in [1.165, 1.54) is 11.1 Å². The molecule has 0 atom stereocenters. The lowest BCUT2D eigenvalue weighted by Gasteiger charge is -2.03. The average molecular weight is 312 g/mol. The first-order valence-corrected chi connectivity index (χ1v) is 8.14. The quantitative estimate of drug-likeness (QED) is 0.513. The minimum absolute atomic E-state index is 0.0974. The van der Waals surface area contributed by atoms with Gasteiger partial charge in [0.05, 0.1) is 11.9 Å². The fourth-order valence-corrected chi connectivity index (χ4v) is 2.15. The molecule has 3 nitrogen and oxygen atoms in total. The Labute approximate surface area is 140 Å². The van der Waals surface area contributed by atoms with Gasteiger partial charge in [-0.1, -0.05) is 28.9 Å². The highest BCUT2D eigenvalue weighted by molar-refractivity contribution is 5.99. The van der Waals surface area contributed by atoms with E-state index >= 15 is 0 Å². The van der Waals surface area contributed by atoms with E-state index in [-0.39, 0.29) is 5.91 Å². The smallest absolute Gasteiger partial charge is 0.248 e. The second-order valence-electron chi connectivity index (χ2n) is 6.13. The molecule has 0 fully saturated rings. The molecule has 0 aliphatic heterocycles. The summed E-state index contributed by atoms with van der Waals surface area (Å²) >= 11 is 0. The number of aromatic nitrogens is 1. The third-order valence-corrected chi connectivity index (χ3v) is 3.43. The van der Waals surface area contributed by atoms with Gasteiger partial charge in [0, 0.05) is 12.3 Å². The zero-order chi connectivity index (χ0) is 17.1. The molecular weight excluding hydrogens is 284 g/mol. The highest BCUT2D eigenvalue weighted by atomic mass is 16.1. The van der Waals surface area contributed by atoms with Crippen molar-refractivity contribution >= 4 is 11.6 Å². The molecule has 0 saturated carbocycles. The van der Waals surface area contributed by atoms with E-state index in [2.05, 4.69) is 43.2 Å². The normalized spacial score (nSPS) is 12.0. The van der Waals surface area contributed by atoms with Crippen LogP contribution in [-0.4, -0.2) is 10.9 Å². The zero-order valence-electron chi connectivity index (χ0n) is 14.7. The number of pyridine rings is 1. The molecular formula is C20H28N2O. The molecule has 124 valence electrons. The zero-order valence-corrected chi connectivity index (χ0v) is 14.7. The Bertz CT molecular complexity index is 579. The second-order valence-corrected chi connectivity index (χ2v) is 6.13. The van der Waals surface area contributed by atoms with Crippen molar-refractivity contribution in [3.05, 3.63) is 59.5 Å². The van der Waals surface area contributed by atoms with Gasteiger partial charge in [0.2, 0.25) is 5.91 Å². The average Bonchev–Trinajstić information content (AvgIpc) is 2.47. The summed E-state index contributed by atoms with van der Waals surface area (Å²) in [6.07, 6.45) is 13.6. The van der Waals surface area contributed by atoms with Gasteiger partial charge < -0.3 is 5.32 Å². The maximum atomic E-state index is 11.9. The standard InChI is InChI=1S/C20H28N2O/c1-16(2)8-5-9-17(3)10-6-11-18(4)14-20(23)22-19-12-7-13-21-15-19/h7-8,10,12-15H,5-6,9,11H2,1-4H3,(H,22,23)/b17-10+,18-14+. The predicted molar refractivity (Wildman–Crippen MR) is 98.3 cm³/mol. The summed E-state index contributed by atoms with van der Waals surface area (Å²) in [7, 11) is 0. The van der Waals surface area contributed by atoms with Gasteiger partial charge in [0.1, 0.15) is 0 Å². The number of hydrogen-bond acceptors (Lipinski definition) is 2. The van der Waals surface area contributed by atoms with Crippen LogP contribution in [0, 0.1) is 0 Å². The van der Waals surface area contributed by atoms with E-state index in [0.29, 0.717) is 0 Å². The van der Waals surface area contributed by atoms with Gasteiger partial charge in [0.15, 0.2) is 0 Å².